The van der Waals surface area contributed by atoms with E-state index in [4.69, 9.17) is 25.3 Å². The van der Waals surface area contributed by atoms with Gasteiger partial charge in [-0.1, -0.05) is 38.3 Å². The minimum Gasteiger partial charge on any atom is -0.143 e. The summed E-state index contributed by atoms with van der Waals surface area (Å²) in [7, 11) is 0. The van der Waals surface area contributed by atoms with Crippen molar-refractivity contribution in [3.8, 4) is 0 Å². The number of hydrogen-bond donors (Lipinski definition) is 4. The molecule has 0 nitrogen and oxygen atoms in total. The smallest absolute Gasteiger partial charge is 0.0224 e. The second-order valence-electron chi connectivity index (χ2n) is 6.94. The fourth-order valence-electron chi connectivity index (χ4n) is 4.18. The van der Waals surface area contributed by atoms with E-state index in [1.54, 1.807) is 0 Å². The van der Waals surface area contributed by atoms with Crippen molar-refractivity contribution >= 4 is 50.5 Å². The van der Waals surface area contributed by atoms with Gasteiger partial charge in [-0.2, -0.15) is 0 Å². The van der Waals surface area contributed by atoms with Crippen molar-refractivity contribution in [1.29, 1.82) is 0 Å². The fraction of sp³-hybridized carbons (Fsp3) is 0.400. The molecule has 0 heterocycles. The number of benzene rings is 2. The molecule has 0 amide bonds. The van der Waals surface area contributed by atoms with E-state index in [0.29, 0.717) is 5.92 Å². The fourth-order valence-corrected chi connectivity index (χ4v) is 5.69. The highest BCUT2D eigenvalue weighted by molar-refractivity contribution is 7.81. The number of thiol groups is 4. The molecule has 4 heteroatoms. The van der Waals surface area contributed by atoms with Crippen LogP contribution in [0.1, 0.15) is 50.2 Å². The summed E-state index contributed by atoms with van der Waals surface area (Å²) in [6.07, 6.45) is 6.46. The van der Waals surface area contributed by atoms with Gasteiger partial charge in [0.25, 0.3) is 0 Å². The Bertz CT molecular complexity index is 681. The third-order valence-corrected chi connectivity index (χ3v) is 6.80. The zero-order valence-electron chi connectivity index (χ0n) is 13.9. The Balaban J connectivity index is 2.20. The molecule has 0 N–H and O–H groups in total. The van der Waals surface area contributed by atoms with Crippen LogP contribution in [0.3, 0.4) is 0 Å². The Morgan fingerprint density at radius 1 is 0.750 bits per heavy atom. The maximum Gasteiger partial charge on any atom is 0.0224 e. The molecule has 0 atom stereocenters. The molecular formula is C20H24S4. The molecule has 0 bridgehead atoms. The first-order chi connectivity index (χ1) is 11.4. The highest BCUT2D eigenvalue weighted by Gasteiger charge is 2.40. The molecule has 1 fully saturated rings. The molecule has 1 aliphatic carbocycles. The van der Waals surface area contributed by atoms with Crippen LogP contribution < -0.4 is 0 Å². The summed E-state index contributed by atoms with van der Waals surface area (Å²) in [4.78, 5) is 3.93. The van der Waals surface area contributed by atoms with Gasteiger partial charge in [-0.15, -0.1) is 50.5 Å². The Morgan fingerprint density at radius 3 is 1.62 bits per heavy atom. The minimum absolute atomic E-state index is 0.0997. The van der Waals surface area contributed by atoms with Crippen LogP contribution in [-0.4, -0.2) is 0 Å². The van der Waals surface area contributed by atoms with Crippen LogP contribution in [0, 0.1) is 5.92 Å². The molecule has 0 aliphatic heterocycles. The molecule has 2 aromatic carbocycles. The van der Waals surface area contributed by atoms with Crippen molar-refractivity contribution < 1.29 is 0 Å². The van der Waals surface area contributed by atoms with E-state index in [2.05, 4.69) is 56.4 Å². The quantitative estimate of drug-likeness (QED) is 0.409. The van der Waals surface area contributed by atoms with Crippen LogP contribution in [0.2, 0.25) is 0 Å². The molecule has 2 aromatic rings. The lowest BCUT2D eigenvalue weighted by Crippen LogP contribution is -2.35. The largest absolute Gasteiger partial charge is 0.143 e. The van der Waals surface area contributed by atoms with Crippen molar-refractivity contribution in [2.45, 2.75) is 64.0 Å². The Hall–Kier alpha value is -0.160. The number of rotatable bonds is 3. The van der Waals surface area contributed by atoms with Crippen LogP contribution in [-0.2, 0) is 5.41 Å². The third-order valence-electron chi connectivity index (χ3n) is 5.50. The van der Waals surface area contributed by atoms with Crippen LogP contribution in [0.15, 0.2) is 56.0 Å². The van der Waals surface area contributed by atoms with Gasteiger partial charge in [-0.3, -0.25) is 0 Å². The zero-order chi connectivity index (χ0) is 17.3. The lowest BCUT2D eigenvalue weighted by atomic mass is 9.62. The first-order valence-corrected chi connectivity index (χ1v) is 10.3. The predicted octanol–water partition coefficient (Wildman–Crippen LogP) is 6.73. The van der Waals surface area contributed by atoms with Gasteiger partial charge in [-0.25, -0.2) is 0 Å². The van der Waals surface area contributed by atoms with Gasteiger partial charge >= 0.3 is 0 Å². The van der Waals surface area contributed by atoms with E-state index in [1.807, 2.05) is 12.1 Å². The van der Waals surface area contributed by atoms with Crippen LogP contribution in [0.4, 0.5) is 0 Å². The summed E-state index contributed by atoms with van der Waals surface area (Å²) in [6.45, 7) is 2.36. The summed E-state index contributed by atoms with van der Waals surface area (Å²) in [5, 5.41) is 0. The summed E-state index contributed by atoms with van der Waals surface area (Å²) >= 11 is 18.5. The van der Waals surface area contributed by atoms with Crippen molar-refractivity contribution in [3.05, 3.63) is 47.5 Å². The van der Waals surface area contributed by atoms with E-state index in [1.165, 1.54) is 43.2 Å². The monoisotopic (exact) mass is 392 g/mol. The number of hydrogen-bond acceptors (Lipinski definition) is 4. The highest BCUT2D eigenvalue weighted by atomic mass is 32.1. The second kappa shape index (κ2) is 7.61. The molecule has 24 heavy (non-hydrogen) atoms. The Morgan fingerprint density at radius 2 is 1.21 bits per heavy atom. The van der Waals surface area contributed by atoms with Crippen LogP contribution in [0.5, 0.6) is 0 Å². The lowest BCUT2D eigenvalue weighted by Gasteiger charge is -2.42. The standard InChI is InChI=1S/C20H24S4/c1-20(13-5-3-2-4-6-13,16-9-7-14(21)11-18(16)23)17-10-8-15(22)12-19(17)24/h7-13,21-24H,2-6H2,1H3. The first-order valence-electron chi connectivity index (χ1n) is 8.48. The van der Waals surface area contributed by atoms with E-state index in [9.17, 15) is 0 Å². The normalized spacial score (nSPS) is 16.4. The Kier molecular flexibility index (Phi) is 5.90. The van der Waals surface area contributed by atoms with Crippen molar-refractivity contribution in [2.24, 2.45) is 5.92 Å². The predicted molar refractivity (Wildman–Crippen MR) is 115 cm³/mol. The zero-order valence-corrected chi connectivity index (χ0v) is 17.4. The van der Waals surface area contributed by atoms with Gasteiger partial charge < -0.3 is 0 Å². The SMILES string of the molecule is CC(c1ccc(S)cc1S)(c1ccc(S)cc1S)C1CCCCC1. The van der Waals surface area contributed by atoms with Gasteiger partial charge in [0.1, 0.15) is 0 Å². The van der Waals surface area contributed by atoms with Crippen molar-refractivity contribution in [1.82, 2.24) is 0 Å². The molecule has 1 aliphatic rings. The van der Waals surface area contributed by atoms with Gasteiger partial charge in [0, 0.05) is 25.0 Å². The molecule has 1 saturated carbocycles. The average Bonchev–Trinajstić information content (AvgIpc) is 2.55. The van der Waals surface area contributed by atoms with Crippen molar-refractivity contribution in [2.75, 3.05) is 0 Å². The third kappa shape index (κ3) is 3.53. The molecule has 3 rings (SSSR count). The maximum absolute atomic E-state index is 4.80. The summed E-state index contributed by atoms with van der Waals surface area (Å²) < 4.78 is 0. The molecule has 0 spiro atoms. The molecular weight excluding hydrogens is 368 g/mol. The van der Waals surface area contributed by atoms with Crippen LogP contribution in [0.25, 0.3) is 0 Å². The van der Waals surface area contributed by atoms with Gasteiger partial charge in [-0.05, 0) is 54.2 Å². The molecule has 0 unspecified atom stereocenters. The highest BCUT2D eigenvalue weighted by Crippen LogP contribution is 2.49. The summed E-state index contributed by atoms with van der Waals surface area (Å²) in [6, 6.07) is 12.6. The van der Waals surface area contributed by atoms with Crippen molar-refractivity contribution in [3.63, 3.8) is 0 Å². The Labute approximate surface area is 167 Å². The molecule has 0 radical (unpaired) electrons. The van der Waals surface area contributed by atoms with E-state index in [0.717, 1.165) is 19.6 Å². The minimum atomic E-state index is -0.0997. The maximum atomic E-state index is 4.80. The average molecular weight is 393 g/mol. The topological polar surface area (TPSA) is 0 Å². The van der Waals surface area contributed by atoms with Gasteiger partial charge in [0.05, 0.1) is 0 Å². The molecule has 0 aromatic heterocycles. The van der Waals surface area contributed by atoms with E-state index < -0.39 is 0 Å². The van der Waals surface area contributed by atoms with E-state index in [-0.39, 0.29) is 5.41 Å². The van der Waals surface area contributed by atoms with E-state index >= 15 is 0 Å². The molecule has 128 valence electrons. The summed E-state index contributed by atoms with van der Waals surface area (Å²) in [5.41, 5.74) is 2.45. The van der Waals surface area contributed by atoms with Crippen LogP contribution >= 0.6 is 50.5 Å². The summed E-state index contributed by atoms with van der Waals surface area (Å²) in [5.74, 6) is 0.597. The lowest BCUT2D eigenvalue weighted by molar-refractivity contribution is 0.249. The second-order valence-corrected chi connectivity index (χ2v) is 8.94. The van der Waals surface area contributed by atoms with Gasteiger partial charge in [0.15, 0.2) is 0 Å². The first kappa shape index (κ1) is 18.6. The molecule has 0 saturated heterocycles. The van der Waals surface area contributed by atoms with Gasteiger partial charge in [0.2, 0.25) is 0 Å².